The number of rotatable bonds is 1. The van der Waals surface area contributed by atoms with Crippen LogP contribution in [0.1, 0.15) is 26.2 Å². The predicted molar refractivity (Wildman–Crippen MR) is 39.9 cm³/mol. The Morgan fingerprint density at radius 3 is 2.67 bits per heavy atom. The molecule has 0 aromatic rings. The van der Waals surface area contributed by atoms with Crippen LogP contribution in [-0.4, -0.2) is 5.71 Å². The van der Waals surface area contributed by atoms with Gasteiger partial charge in [0.1, 0.15) is 0 Å². The van der Waals surface area contributed by atoms with Crippen molar-refractivity contribution in [1.29, 1.82) is 5.41 Å². The number of nitrogens with one attached hydrogen (secondary N) is 1. The van der Waals surface area contributed by atoms with E-state index in [4.69, 9.17) is 5.41 Å². The minimum atomic E-state index is 0.551. The first-order chi connectivity index (χ1) is 4.30. The van der Waals surface area contributed by atoms with E-state index in [0.29, 0.717) is 5.92 Å². The number of allylic oxidation sites excluding steroid dienone is 2. The van der Waals surface area contributed by atoms with E-state index in [1.54, 1.807) is 0 Å². The Morgan fingerprint density at radius 2 is 2.33 bits per heavy atom. The molecule has 1 heteroatoms. The van der Waals surface area contributed by atoms with Gasteiger partial charge in [0.25, 0.3) is 0 Å². The van der Waals surface area contributed by atoms with Crippen molar-refractivity contribution in [3.63, 3.8) is 0 Å². The third kappa shape index (κ3) is 1.67. The van der Waals surface area contributed by atoms with Gasteiger partial charge in [-0.15, -0.1) is 0 Å². The Balaban J connectivity index is 2.44. The molecule has 1 nitrogen and oxygen atoms in total. The molecule has 9 heavy (non-hydrogen) atoms. The van der Waals surface area contributed by atoms with Gasteiger partial charge in [-0.2, -0.15) is 0 Å². The van der Waals surface area contributed by atoms with Crippen LogP contribution in [0.25, 0.3) is 0 Å². The smallest absolute Gasteiger partial charge is 0.00923 e. The van der Waals surface area contributed by atoms with Crippen molar-refractivity contribution < 1.29 is 0 Å². The quantitative estimate of drug-likeness (QED) is 0.409. The summed E-state index contributed by atoms with van der Waals surface area (Å²) in [5.41, 5.74) is 0.847. The Bertz CT molecular complexity index is 136. The first-order valence-electron chi connectivity index (χ1n) is 3.51. The summed E-state index contributed by atoms with van der Waals surface area (Å²) in [6, 6.07) is 0. The van der Waals surface area contributed by atoms with Crippen LogP contribution in [0.15, 0.2) is 12.2 Å². The van der Waals surface area contributed by atoms with Gasteiger partial charge in [0, 0.05) is 11.6 Å². The van der Waals surface area contributed by atoms with E-state index in [9.17, 15) is 0 Å². The summed E-state index contributed by atoms with van der Waals surface area (Å²) in [7, 11) is 0. The first-order valence-corrected chi connectivity index (χ1v) is 3.51. The lowest BCUT2D eigenvalue weighted by Crippen LogP contribution is -2.10. The third-order valence-corrected chi connectivity index (χ3v) is 1.88. The molecule has 0 saturated carbocycles. The van der Waals surface area contributed by atoms with E-state index < -0.39 is 0 Å². The fourth-order valence-electron chi connectivity index (χ4n) is 1.19. The maximum Gasteiger partial charge on any atom is 0.00923 e. The average molecular weight is 123 g/mol. The molecule has 1 rings (SSSR count). The molecule has 50 valence electrons. The second kappa shape index (κ2) is 2.81. The van der Waals surface area contributed by atoms with Crippen LogP contribution < -0.4 is 0 Å². The zero-order valence-corrected chi connectivity index (χ0v) is 5.85. The second-order valence-electron chi connectivity index (χ2n) is 2.66. The molecule has 0 amide bonds. The molecule has 0 spiro atoms. The molecule has 1 atom stereocenters. The monoisotopic (exact) mass is 123 g/mol. The van der Waals surface area contributed by atoms with Gasteiger partial charge in [-0.3, -0.25) is 0 Å². The highest BCUT2D eigenvalue weighted by atomic mass is 14.4. The second-order valence-corrected chi connectivity index (χ2v) is 2.66. The van der Waals surface area contributed by atoms with Crippen molar-refractivity contribution in [2.45, 2.75) is 26.2 Å². The SMILES string of the molecule is CC(=N)C1CC=CCC1. The summed E-state index contributed by atoms with van der Waals surface area (Å²) in [5, 5.41) is 7.35. The maximum absolute atomic E-state index is 7.35. The van der Waals surface area contributed by atoms with Crippen molar-refractivity contribution in [1.82, 2.24) is 0 Å². The highest BCUT2D eigenvalue weighted by Gasteiger charge is 2.10. The van der Waals surface area contributed by atoms with Crippen LogP contribution in [0, 0.1) is 11.3 Å². The molecule has 0 aromatic carbocycles. The Morgan fingerprint density at radius 1 is 1.56 bits per heavy atom. The van der Waals surface area contributed by atoms with E-state index in [2.05, 4.69) is 12.2 Å². The highest BCUT2D eigenvalue weighted by molar-refractivity contribution is 5.81. The van der Waals surface area contributed by atoms with Gasteiger partial charge in [0.05, 0.1) is 0 Å². The summed E-state index contributed by atoms with van der Waals surface area (Å²) in [6.45, 7) is 1.91. The third-order valence-electron chi connectivity index (χ3n) is 1.88. The van der Waals surface area contributed by atoms with Gasteiger partial charge >= 0.3 is 0 Å². The lowest BCUT2D eigenvalue weighted by Gasteiger charge is -2.15. The first kappa shape index (κ1) is 6.53. The van der Waals surface area contributed by atoms with Crippen molar-refractivity contribution in [3.05, 3.63) is 12.2 Å². The topological polar surface area (TPSA) is 23.9 Å². The number of hydrogen-bond donors (Lipinski definition) is 1. The lowest BCUT2D eigenvalue weighted by atomic mass is 9.91. The lowest BCUT2D eigenvalue weighted by molar-refractivity contribution is 0.612. The van der Waals surface area contributed by atoms with E-state index in [-0.39, 0.29) is 0 Å². The Labute approximate surface area is 56.3 Å². The molecule has 1 aliphatic rings. The van der Waals surface area contributed by atoms with Gasteiger partial charge in [0.2, 0.25) is 0 Å². The van der Waals surface area contributed by atoms with Crippen LogP contribution in [0.4, 0.5) is 0 Å². The van der Waals surface area contributed by atoms with Crippen LogP contribution in [-0.2, 0) is 0 Å². The zero-order chi connectivity index (χ0) is 6.69. The predicted octanol–water partition coefficient (Wildman–Crippen LogP) is 2.38. The van der Waals surface area contributed by atoms with Gasteiger partial charge < -0.3 is 5.41 Å². The van der Waals surface area contributed by atoms with Crippen molar-refractivity contribution >= 4 is 5.71 Å². The molecule has 1 unspecified atom stereocenters. The van der Waals surface area contributed by atoms with E-state index >= 15 is 0 Å². The van der Waals surface area contributed by atoms with Crippen LogP contribution in [0.3, 0.4) is 0 Å². The van der Waals surface area contributed by atoms with Crippen LogP contribution in [0.2, 0.25) is 0 Å². The van der Waals surface area contributed by atoms with Crippen LogP contribution in [0.5, 0.6) is 0 Å². The van der Waals surface area contributed by atoms with Gasteiger partial charge in [-0.05, 0) is 26.2 Å². The number of hydrogen-bond acceptors (Lipinski definition) is 1. The zero-order valence-electron chi connectivity index (χ0n) is 5.85. The van der Waals surface area contributed by atoms with Crippen LogP contribution >= 0.6 is 0 Å². The summed E-state index contributed by atoms with van der Waals surface area (Å²) in [4.78, 5) is 0. The largest absolute Gasteiger partial charge is 0.310 e. The molecule has 0 heterocycles. The molecule has 0 saturated heterocycles. The van der Waals surface area contributed by atoms with Crippen molar-refractivity contribution in [2.24, 2.45) is 5.92 Å². The maximum atomic E-state index is 7.35. The van der Waals surface area contributed by atoms with Crippen molar-refractivity contribution in [3.8, 4) is 0 Å². The van der Waals surface area contributed by atoms with E-state index in [1.807, 2.05) is 6.92 Å². The van der Waals surface area contributed by atoms with E-state index in [1.165, 1.54) is 12.8 Å². The molecule has 0 fully saturated rings. The minimum absolute atomic E-state index is 0.551. The molecule has 0 radical (unpaired) electrons. The highest BCUT2D eigenvalue weighted by Crippen LogP contribution is 2.18. The minimum Gasteiger partial charge on any atom is -0.310 e. The standard InChI is InChI=1S/C8H13N/c1-7(9)8-5-3-2-4-6-8/h2-3,8-9H,4-6H2,1H3. The molecule has 0 bridgehead atoms. The molecule has 1 N–H and O–H groups in total. The molecule has 0 aliphatic heterocycles. The Hall–Kier alpha value is -0.590. The summed E-state index contributed by atoms with van der Waals surface area (Å²) >= 11 is 0. The molecular weight excluding hydrogens is 110 g/mol. The fourth-order valence-corrected chi connectivity index (χ4v) is 1.19. The summed E-state index contributed by atoms with van der Waals surface area (Å²) in [6.07, 6.45) is 7.84. The normalized spacial score (nSPS) is 26.1. The average Bonchev–Trinajstić information content (AvgIpc) is 1.90. The van der Waals surface area contributed by atoms with Gasteiger partial charge in [0.15, 0.2) is 0 Å². The van der Waals surface area contributed by atoms with E-state index in [0.717, 1.165) is 12.1 Å². The molecule has 0 aromatic heterocycles. The molecular formula is C8H13N. The summed E-state index contributed by atoms with van der Waals surface area (Å²) < 4.78 is 0. The summed E-state index contributed by atoms with van der Waals surface area (Å²) in [5.74, 6) is 0.551. The molecule has 1 aliphatic carbocycles. The van der Waals surface area contributed by atoms with Crippen molar-refractivity contribution in [2.75, 3.05) is 0 Å². The Kier molecular flexibility index (Phi) is 2.04. The fraction of sp³-hybridized carbons (Fsp3) is 0.625. The van der Waals surface area contributed by atoms with Gasteiger partial charge in [-0.25, -0.2) is 0 Å². The van der Waals surface area contributed by atoms with Gasteiger partial charge in [-0.1, -0.05) is 12.2 Å².